The van der Waals surface area contributed by atoms with E-state index in [0.29, 0.717) is 17.8 Å². The average molecular weight is 285 g/mol. The highest BCUT2D eigenvalue weighted by molar-refractivity contribution is 7.90. The molecule has 1 amide bonds. The molecule has 0 aliphatic carbocycles. The minimum atomic E-state index is -3.08. The Bertz CT molecular complexity index is 555. The predicted octanol–water partition coefficient (Wildman–Crippen LogP) is 0.596. The fraction of sp³-hybridized carbons (Fsp3) is 0.500. The standard InChI is InChI=1S/C12H19N3O3S/c1-4-13-11-7-9(2)15-8-10(11)12(16)14-5-6-19(3,17)18/h7-8H,4-6H2,1-3H3,(H,13,15)(H,14,16). The molecule has 1 aromatic rings. The smallest absolute Gasteiger partial charge is 0.254 e. The van der Waals surface area contributed by atoms with Crippen LogP contribution in [-0.4, -0.2) is 44.4 Å². The average Bonchev–Trinajstić information content (AvgIpc) is 2.27. The van der Waals surface area contributed by atoms with Gasteiger partial charge in [0.05, 0.1) is 17.0 Å². The lowest BCUT2D eigenvalue weighted by atomic mass is 10.2. The molecule has 0 bridgehead atoms. The van der Waals surface area contributed by atoms with Gasteiger partial charge < -0.3 is 10.6 Å². The second-order valence-electron chi connectivity index (χ2n) is 4.29. The Kier molecular flexibility index (Phi) is 5.29. The van der Waals surface area contributed by atoms with E-state index in [4.69, 9.17) is 0 Å². The van der Waals surface area contributed by atoms with Crippen LogP contribution >= 0.6 is 0 Å². The molecule has 1 rings (SSSR count). The molecule has 0 aliphatic rings. The molecule has 1 aromatic heterocycles. The van der Waals surface area contributed by atoms with Gasteiger partial charge in [-0.05, 0) is 19.9 Å². The Hall–Kier alpha value is -1.63. The molecule has 2 N–H and O–H groups in total. The van der Waals surface area contributed by atoms with Gasteiger partial charge in [0.15, 0.2) is 0 Å². The van der Waals surface area contributed by atoms with E-state index in [0.717, 1.165) is 11.9 Å². The Morgan fingerprint density at radius 2 is 2.11 bits per heavy atom. The third-order valence-corrected chi connectivity index (χ3v) is 3.36. The summed E-state index contributed by atoms with van der Waals surface area (Å²) >= 11 is 0. The van der Waals surface area contributed by atoms with E-state index in [9.17, 15) is 13.2 Å². The number of nitrogens with zero attached hydrogens (tertiary/aromatic N) is 1. The number of nitrogens with one attached hydrogen (secondary N) is 2. The largest absolute Gasteiger partial charge is 0.385 e. The van der Waals surface area contributed by atoms with Gasteiger partial charge >= 0.3 is 0 Å². The molecule has 0 fully saturated rings. The first kappa shape index (κ1) is 15.4. The maximum atomic E-state index is 12.0. The molecule has 0 spiro atoms. The monoisotopic (exact) mass is 285 g/mol. The number of aryl methyl sites for hydroxylation is 1. The van der Waals surface area contributed by atoms with Gasteiger partial charge in [0.2, 0.25) is 0 Å². The summed E-state index contributed by atoms with van der Waals surface area (Å²) in [5.74, 6) is -0.402. The first-order valence-electron chi connectivity index (χ1n) is 6.00. The second kappa shape index (κ2) is 6.51. The van der Waals surface area contributed by atoms with E-state index in [2.05, 4.69) is 15.6 Å². The Morgan fingerprint density at radius 1 is 1.42 bits per heavy atom. The van der Waals surface area contributed by atoms with Crippen LogP contribution in [0.5, 0.6) is 0 Å². The zero-order chi connectivity index (χ0) is 14.5. The molecule has 6 nitrogen and oxygen atoms in total. The van der Waals surface area contributed by atoms with Gasteiger partial charge in [-0.15, -0.1) is 0 Å². The van der Waals surface area contributed by atoms with Crippen molar-refractivity contribution in [2.75, 3.05) is 30.4 Å². The SMILES string of the molecule is CCNc1cc(C)ncc1C(=O)NCCS(C)(=O)=O. The molecule has 0 saturated carbocycles. The van der Waals surface area contributed by atoms with Gasteiger partial charge in [-0.1, -0.05) is 0 Å². The molecule has 0 radical (unpaired) electrons. The Balaban J connectivity index is 2.76. The van der Waals surface area contributed by atoms with Crippen molar-refractivity contribution in [3.63, 3.8) is 0 Å². The van der Waals surface area contributed by atoms with Crippen LogP contribution in [0.3, 0.4) is 0 Å². The number of carbonyl (C=O) groups excluding carboxylic acids is 1. The number of anilines is 1. The van der Waals surface area contributed by atoms with Crippen molar-refractivity contribution >= 4 is 21.4 Å². The predicted molar refractivity (Wildman–Crippen MR) is 75.2 cm³/mol. The van der Waals surface area contributed by atoms with Gasteiger partial charge in [0, 0.05) is 31.2 Å². The van der Waals surface area contributed by atoms with Crippen LogP contribution < -0.4 is 10.6 Å². The fourth-order valence-corrected chi connectivity index (χ4v) is 2.00. The zero-order valence-electron chi connectivity index (χ0n) is 11.4. The zero-order valence-corrected chi connectivity index (χ0v) is 12.2. The van der Waals surface area contributed by atoms with E-state index in [-0.39, 0.29) is 18.2 Å². The molecular weight excluding hydrogens is 266 g/mol. The number of hydrogen-bond donors (Lipinski definition) is 2. The quantitative estimate of drug-likeness (QED) is 0.799. The fourth-order valence-electron chi connectivity index (χ4n) is 1.52. The molecule has 0 atom stereocenters. The van der Waals surface area contributed by atoms with Crippen molar-refractivity contribution < 1.29 is 13.2 Å². The Morgan fingerprint density at radius 3 is 2.68 bits per heavy atom. The summed E-state index contributed by atoms with van der Waals surface area (Å²) in [6.45, 7) is 4.55. The number of hydrogen-bond acceptors (Lipinski definition) is 5. The summed E-state index contributed by atoms with van der Waals surface area (Å²) in [6.07, 6.45) is 2.62. The molecule has 0 saturated heterocycles. The van der Waals surface area contributed by atoms with Crippen LogP contribution in [0.4, 0.5) is 5.69 Å². The van der Waals surface area contributed by atoms with Gasteiger partial charge in [0.1, 0.15) is 9.84 Å². The van der Waals surface area contributed by atoms with Crippen LogP contribution in [0.2, 0.25) is 0 Å². The van der Waals surface area contributed by atoms with Crippen LogP contribution in [0.15, 0.2) is 12.3 Å². The summed E-state index contributed by atoms with van der Waals surface area (Å²) in [4.78, 5) is 16.0. The second-order valence-corrected chi connectivity index (χ2v) is 6.55. The highest BCUT2D eigenvalue weighted by Crippen LogP contribution is 2.15. The minimum Gasteiger partial charge on any atom is -0.385 e. The lowest BCUT2D eigenvalue weighted by Crippen LogP contribution is -2.29. The van der Waals surface area contributed by atoms with Crippen LogP contribution in [0.25, 0.3) is 0 Å². The van der Waals surface area contributed by atoms with Gasteiger partial charge in [-0.2, -0.15) is 0 Å². The minimum absolute atomic E-state index is 0.0748. The summed E-state index contributed by atoms with van der Waals surface area (Å²) in [6, 6.07) is 1.79. The molecule has 106 valence electrons. The van der Waals surface area contributed by atoms with Crippen LogP contribution in [-0.2, 0) is 9.84 Å². The van der Waals surface area contributed by atoms with Crippen molar-refractivity contribution in [3.05, 3.63) is 23.5 Å². The molecule has 19 heavy (non-hydrogen) atoms. The van der Waals surface area contributed by atoms with Gasteiger partial charge in [0.25, 0.3) is 5.91 Å². The molecule has 0 aliphatic heterocycles. The van der Waals surface area contributed by atoms with E-state index in [1.165, 1.54) is 6.20 Å². The number of aromatic nitrogens is 1. The topological polar surface area (TPSA) is 88.2 Å². The third-order valence-electron chi connectivity index (χ3n) is 2.41. The van der Waals surface area contributed by atoms with Crippen molar-refractivity contribution in [3.8, 4) is 0 Å². The normalized spacial score (nSPS) is 11.1. The maximum absolute atomic E-state index is 12.0. The summed E-state index contributed by atoms with van der Waals surface area (Å²) < 4.78 is 22.0. The maximum Gasteiger partial charge on any atom is 0.254 e. The number of sulfone groups is 1. The number of amides is 1. The molecule has 1 heterocycles. The highest BCUT2D eigenvalue weighted by atomic mass is 32.2. The molecule has 0 aromatic carbocycles. The van der Waals surface area contributed by atoms with Crippen molar-refractivity contribution in [2.24, 2.45) is 0 Å². The molecule has 0 unspecified atom stereocenters. The number of pyridine rings is 1. The summed E-state index contributed by atoms with van der Waals surface area (Å²) in [5.41, 5.74) is 1.93. The summed E-state index contributed by atoms with van der Waals surface area (Å²) in [5, 5.41) is 5.66. The van der Waals surface area contributed by atoms with E-state index < -0.39 is 9.84 Å². The van der Waals surface area contributed by atoms with Gasteiger partial charge in [-0.3, -0.25) is 9.78 Å². The molecular formula is C12H19N3O3S. The third kappa shape index (κ3) is 5.25. The first-order valence-corrected chi connectivity index (χ1v) is 8.06. The van der Waals surface area contributed by atoms with Crippen LogP contribution in [0.1, 0.15) is 23.0 Å². The number of rotatable bonds is 6. The first-order chi connectivity index (χ1) is 8.83. The summed E-state index contributed by atoms with van der Waals surface area (Å²) in [7, 11) is -3.08. The van der Waals surface area contributed by atoms with Crippen molar-refractivity contribution in [1.29, 1.82) is 0 Å². The lowest BCUT2D eigenvalue weighted by Gasteiger charge is -2.11. The van der Waals surface area contributed by atoms with E-state index in [1.807, 2.05) is 13.8 Å². The Labute approximate surface area is 113 Å². The molecule has 7 heteroatoms. The highest BCUT2D eigenvalue weighted by Gasteiger charge is 2.12. The lowest BCUT2D eigenvalue weighted by molar-refractivity contribution is 0.0956. The van der Waals surface area contributed by atoms with Crippen LogP contribution in [0, 0.1) is 6.92 Å². The van der Waals surface area contributed by atoms with E-state index >= 15 is 0 Å². The van der Waals surface area contributed by atoms with Crippen molar-refractivity contribution in [2.45, 2.75) is 13.8 Å². The van der Waals surface area contributed by atoms with E-state index in [1.54, 1.807) is 6.07 Å². The van der Waals surface area contributed by atoms with Gasteiger partial charge in [-0.25, -0.2) is 8.42 Å². The number of carbonyl (C=O) groups is 1. The van der Waals surface area contributed by atoms with Crippen molar-refractivity contribution in [1.82, 2.24) is 10.3 Å².